The summed E-state index contributed by atoms with van der Waals surface area (Å²) in [6.07, 6.45) is 0.624. The summed E-state index contributed by atoms with van der Waals surface area (Å²) in [4.78, 5) is 10.1. The van der Waals surface area contributed by atoms with Gasteiger partial charge in [-0.2, -0.15) is 0 Å². The van der Waals surface area contributed by atoms with Gasteiger partial charge < -0.3 is 18.9 Å². The van der Waals surface area contributed by atoms with Gasteiger partial charge in [0.25, 0.3) is 0 Å². The maximum Gasteiger partial charge on any atom is 0.302 e. The van der Waals surface area contributed by atoms with Gasteiger partial charge in [-0.05, 0) is 6.92 Å². The van der Waals surface area contributed by atoms with Crippen LogP contribution in [-0.2, 0) is 23.7 Å². The number of hydrogen-bond donors (Lipinski definition) is 0. The van der Waals surface area contributed by atoms with E-state index in [-0.39, 0.29) is 12.1 Å². The molecule has 2 aliphatic rings. The Kier molecular flexibility index (Phi) is 5.60. The smallest absolute Gasteiger partial charge is 0.302 e. The largest absolute Gasteiger partial charge is 0.463 e. The first-order chi connectivity index (χ1) is 7.22. The molecule has 2 atom stereocenters. The first kappa shape index (κ1) is 12.4. The maximum atomic E-state index is 10.1. The summed E-state index contributed by atoms with van der Waals surface area (Å²) in [6.45, 7) is 7.05. The number of carbonyl (C=O) groups excluding carboxylic acids is 1. The lowest BCUT2D eigenvalue weighted by molar-refractivity contribution is -0.141. The van der Waals surface area contributed by atoms with Crippen LogP contribution in [0.25, 0.3) is 0 Å². The molecule has 0 aromatic carbocycles. The van der Waals surface area contributed by atoms with Crippen LogP contribution in [0.15, 0.2) is 0 Å². The van der Waals surface area contributed by atoms with Crippen molar-refractivity contribution in [1.82, 2.24) is 0 Å². The van der Waals surface area contributed by atoms with Gasteiger partial charge in [0.15, 0.2) is 0 Å². The Balaban J connectivity index is 0.000000151. The van der Waals surface area contributed by atoms with Crippen molar-refractivity contribution in [2.45, 2.75) is 26.1 Å². The molecule has 0 aromatic rings. The van der Waals surface area contributed by atoms with Gasteiger partial charge in [-0.15, -0.1) is 0 Å². The Bertz CT molecular complexity index is 186. The predicted octanol–water partition coefficient (Wildman–Crippen LogP) is 0.370. The molecular weight excluding hydrogens is 200 g/mol. The van der Waals surface area contributed by atoms with Crippen LogP contribution < -0.4 is 0 Å². The lowest BCUT2D eigenvalue weighted by Gasteiger charge is -1.93. The fraction of sp³-hybridized carbons (Fsp3) is 0.900. The molecule has 0 amide bonds. The second-order valence-corrected chi connectivity index (χ2v) is 3.37. The van der Waals surface area contributed by atoms with Crippen LogP contribution in [0.3, 0.4) is 0 Å². The zero-order chi connectivity index (χ0) is 11.1. The molecule has 5 heteroatoms. The normalized spacial score (nSPS) is 26.3. The summed E-state index contributed by atoms with van der Waals surface area (Å²) in [5.74, 6) is -0.236. The van der Waals surface area contributed by atoms with Crippen molar-refractivity contribution in [1.29, 1.82) is 0 Å². The average molecular weight is 218 g/mol. The van der Waals surface area contributed by atoms with E-state index in [0.29, 0.717) is 12.7 Å². The van der Waals surface area contributed by atoms with Crippen LogP contribution in [0.4, 0.5) is 0 Å². The zero-order valence-corrected chi connectivity index (χ0v) is 9.23. The summed E-state index contributed by atoms with van der Waals surface area (Å²) in [6, 6.07) is 0. The molecule has 15 heavy (non-hydrogen) atoms. The van der Waals surface area contributed by atoms with Crippen molar-refractivity contribution in [3.05, 3.63) is 0 Å². The van der Waals surface area contributed by atoms with Gasteiger partial charge in [0.2, 0.25) is 0 Å². The van der Waals surface area contributed by atoms with Gasteiger partial charge in [-0.1, -0.05) is 0 Å². The van der Waals surface area contributed by atoms with Crippen LogP contribution in [-0.4, -0.2) is 51.2 Å². The third kappa shape index (κ3) is 8.35. The topological polar surface area (TPSA) is 60.6 Å². The minimum Gasteiger partial charge on any atom is -0.463 e. The van der Waals surface area contributed by atoms with Crippen LogP contribution in [0.5, 0.6) is 0 Å². The second-order valence-electron chi connectivity index (χ2n) is 3.37. The third-order valence-electron chi connectivity index (χ3n) is 1.79. The monoisotopic (exact) mass is 218 g/mol. The lowest BCUT2D eigenvalue weighted by Crippen LogP contribution is -2.05. The summed E-state index contributed by atoms with van der Waals surface area (Å²) in [5.41, 5.74) is 0. The number of ether oxygens (including phenoxy) is 4. The van der Waals surface area contributed by atoms with Crippen molar-refractivity contribution in [3.63, 3.8) is 0 Å². The first-order valence-electron chi connectivity index (χ1n) is 5.16. The van der Waals surface area contributed by atoms with E-state index in [1.807, 2.05) is 6.92 Å². The Labute approximate surface area is 89.6 Å². The van der Waals surface area contributed by atoms with E-state index < -0.39 is 0 Å². The van der Waals surface area contributed by atoms with Gasteiger partial charge >= 0.3 is 5.97 Å². The molecular formula is C10H18O5. The quantitative estimate of drug-likeness (QED) is 0.493. The van der Waals surface area contributed by atoms with Gasteiger partial charge in [0.1, 0.15) is 18.8 Å². The summed E-state index contributed by atoms with van der Waals surface area (Å²) in [7, 11) is 0. The van der Waals surface area contributed by atoms with Crippen molar-refractivity contribution < 1.29 is 23.7 Å². The lowest BCUT2D eigenvalue weighted by atomic mass is 10.5. The highest BCUT2D eigenvalue weighted by Crippen LogP contribution is 2.08. The molecule has 0 saturated carbocycles. The number of carbonyl (C=O) groups is 1. The second kappa shape index (κ2) is 6.76. The third-order valence-corrected chi connectivity index (χ3v) is 1.79. The van der Waals surface area contributed by atoms with E-state index in [1.54, 1.807) is 0 Å². The van der Waals surface area contributed by atoms with Gasteiger partial charge in [-0.3, -0.25) is 4.79 Å². The Morgan fingerprint density at radius 2 is 1.80 bits per heavy atom. The molecule has 2 heterocycles. The summed E-state index contributed by atoms with van der Waals surface area (Å²) >= 11 is 0. The van der Waals surface area contributed by atoms with Crippen molar-refractivity contribution in [3.8, 4) is 0 Å². The number of esters is 1. The number of epoxide rings is 2. The van der Waals surface area contributed by atoms with E-state index in [2.05, 4.69) is 4.74 Å². The van der Waals surface area contributed by atoms with Gasteiger partial charge in [-0.25, -0.2) is 0 Å². The summed E-state index contributed by atoms with van der Waals surface area (Å²) < 4.78 is 19.3. The minimum atomic E-state index is -0.236. The van der Waals surface area contributed by atoms with Gasteiger partial charge in [0.05, 0.1) is 19.8 Å². The van der Waals surface area contributed by atoms with Crippen LogP contribution in [0.1, 0.15) is 13.8 Å². The highest BCUT2D eigenvalue weighted by atomic mass is 16.6. The van der Waals surface area contributed by atoms with Crippen LogP contribution in [0, 0.1) is 0 Å². The SMILES string of the molecule is CC(=O)OCC1CO1.CCOCC1CO1. The zero-order valence-electron chi connectivity index (χ0n) is 9.23. The molecule has 0 N–H and O–H groups in total. The standard InChI is InChI=1S/C5H8O3.C5H10O2/c1-4(6)7-2-5-3-8-5;1-2-6-3-5-4-7-5/h5H,2-3H2,1H3;5H,2-4H2,1H3. The highest BCUT2D eigenvalue weighted by Gasteiger charge is 2.23. The number of hydrogen-bond acceptors (Lipinski definition) is 5. The molecule has 2 unspecified atom stereocenters. The van der Waals surface area contributed by atoms with E-state index >= 15 is 0 Å². The Morgan fingerprint density at radius 1 is 1.27 bits per heavy atom. The maximum absolute atomic E-state index is 10.1. The van der Waals surface area contributed by atoms with E-state index in [4.69, 9.17) is 14.2 Å². The molecule has 0 spiro atoms. The van der Waals surface area contributed by atoms with Crippen LogP contribution >= 0.6 is 0 Å². The minimum absolute atomic E-state index is 0.193. The molecule has 2 aliphatic heterocycles. The van der Waals surface area contributed by atoms with E-state index in [9.17, 15) is 4.79 Å². The highest BCUT2D eigenvalue weighted by molar-refractivity contribution is 5.65. The molecule has 2 rings (SSSR count). The molecule has 0 aromatic heterocycles. The molecule has 2 fully saturated rings. The molecule has 2 saturated heterocycles. The summed E-state index contributed by atoms with van der Waals surface area (Å²) in [5, 5.41) is 0. The molecule has 0 aliphatic carbocycles. The fourth-order valence-electron chi connectivity index (χ4n) is 0.788. The first-order valence-corrected chi connectivity index (χ1v) is 5.16. The molecule has 0 bridgehead atoms. The van der Waals surface area contributed by atoms with Gasteiger partial charge in [0, 0.05) is 13.5 Å². The van der Waals surface area contributed by atoms with Crippen molar-refractivity contribution in [2.24, 2.45) is 0 Å². The average Bonchev–Trinajstić information content (AvgIpc) is 3.05. The molecule has 88 valence electrons. The Morgan fingerprint density at radius 3 is 2.20 bits per heavy atom. The van der Waals surface area contributed by atoms with E-state index in [0.717, 1.165) is 26.4 Å². The van der Waals surface area contributed by atoms with Crippen LogP contribution in [0.2, 0.25) is 0 Å². The van der Waals surface area contributed by atoms with Crippen molar-refractivity contribution >= 4 is 5.97 Å². The number of rotatable bonds is 5. The Hall–Kier alpha value is -0.650. The fourth-order valence-corrected chi connectivity index (χ4v) is 0.788. The van der Waals surface area contributed by atoms with Crippen molar-refractivity contribution in [2.75, 3.05) is 33.0 Å². The molecule has 0 radical (unpaired) electrons. The van der Waals surface area contributed by atoms with E-state index in [1.165, 1.54) is 6.92 Å². The molecule has 5 nitrogen and oxygen atoms in total. The predicted molar refractivity (Wildman–Crippen MR) is 52.6 cm³/mol.